The molecule has 0 amide bonds. The minimum absolute atomic E-state index is 0.408. The van der Waals surface area contributed by atoms with E-state index in [1.165, 1.54) is 210 Å². The van der Waals surface area contributed by atoms with Crippen LogP contribution in [0.25, 0.3) is 0 Å². The fraction of sp³-hybridized carbons (Fsp3) is 0.930. The minimum atomic E-state index is 0.408. The third-order valence-electron chi connectivity index (χ3n) is 9.75. The van der Waals surface area contributed by atoms with Gasteiger partial charge in [-0.05, 0) is 37.5 Å². The lowest BCUT2D eigenvalue weighted by atomic mass is 9.95. The second kappa shape index (κ2) is 45.9. The van der Waals surface area contributed by atoms with E-state index in [2.05, 4.69) is 60.3 Å². The molecule has 0 bridgehead atoms. The topological polar surface area (TPSA) is 48.9 Å². The van der Waals surface area contributed by atoms with Gasteiger partial charge in [-0.25, -0.2) is 4.98 Å². The van der Waals surface area contributed by atoms with Gasteiger partial charge in [0.1, 0.15) is 0 Å². The lowest BCUT2D eigenvalue weighted by Gasteiger charge is -2.13. The van der Waals surface area contributed by atoms with Crippen LogP contribution in [-0.4, -0.2) is 26.1 Å². The highest BCUT2D eigenvalue weighted by Crippen LogP contribution is 2.22. The van der Waals surface area contributed by atoms with Gasteiger partial charge in [-0.3, -0.25) is 0 Å². The van der Waals surface area contributed by atoms with Crippen molar-refractivity contribution in [2.45, 2.75) is 233 Å². The molecule has 0 aliphatic carbocycles. The van der Waals surface area contributed by atoms with Crippen molar-refractivity contribution in [3.8, 4) is 0 Å². The summed E-state index contributed by atoms with van der Waals surface area (Å²) in [5.74, 6) is 1.59. The number of H-pyrrole nitrogens is 1. The molecule has 1 aromatic heterocycles. The van der Waals surface area contributed by atoms with Gasteiger partial charge in [-0.1, -0.05) is 230 Å². The quantitative estimate of drug-likeness (QED) is 0.0416. The monoisotopic (exact) mass is 775 g/mol. The number of aromatic amines is 1. The Morgan fingerprint density at radius 1 is 0.468 bits per heavy atom. The van der Waals surface area contributed by atoms with Crippen molar-refractivity contribution >= 4 is 22.6 Å². The molecule has 0 fully saturated rings. The second-order valence-corrected chi connectivity index (χ2v) is 15.4. The van der Waals surface area contributed by atoms with Gasteiger partial charge < -0.3 is 10.1 Å². The minimum Gasteiger partial charge on any atom is -0.396 e. The Morgan fingerprint density at radius 2 is 0.766 bits per heavy atom. The summed E-state index contributed by atoms with van der Waals surface area (Å²) in [4.78, 5) is 6.42. The zero-order valence-electron chi connectivity index (χ0n) is 32.7. The van der Waals surface area contributed by atoms with Gasteiger partial charge in [0, 0.05) is 23.4 Å². The Morgan fingerprint density at radius 3 is 0.979 bits per heavy atom. The number of rotatable bonds is 34. The Hall–Kier alpha value is -0.100. The predicted molar refractivity (Wildman–Crippen MR) is 222 cm³/mol. The molecule has 0 aliphatic heterocycles. The number of hydrogen-bond acceptors (Lipinski definition) is 2. The van der Waals surface area contributed by atoms with Gasteiger partial charge in [0.2, 0.25) is 0 Å². The van der Waals surface area contributed by atoms with Gasteiger partial charge in [-0.2, -0.15) is 0 Å². The van der Waals surface area contributed by atoms with Gasteiger partial charge >= 0.3 is 0 Å². The highest BCUT2D eigenvalue weighted by molar-refractivity contribution is 14.1. The van der Waals surface area contributed by atoms with Gasteiger partial charge in [0.15, 0.2) is 0 Å². The molecule has 0 aliphatic rings. The first-order valence-electron chi connectivity index (χ1n) is 21.3. The summed E-state index contributed by atoms with van der Waals surface area (Å²) in [5, 5.41) is 9.47. The largest absolute Gasteiger partial charge is 0.396 e. The molecular weight excluding hydrogens is 687 g/mol. The van der Waals surface area contributed by atoms with E-state index in [4.69, 9.17) is 0 Å². The van der Waals surface area contributed by atoms with Crippen molar-refractivity contribution in [2.24, 2.45) is 11.8 Å². The van der Waals surface area contributed by atoms with Crippen molar-refractivity contribution in [2.75, 3.05) is 11.0 Å². The number of hydrogen-bond donors (Lipinski definition) is 2. The number of nitrogens with zero attached hydrogens (tertiary/aromatic N) is 1. The Bertz CT molecular complexity index is 554. The first-order chi connectivity index (χ1) is 23.2. The molecular formula is C43H87IN2O. The smallest absolute Gasteiger partial charge is 0.0919 e. The summed E-state index contributed by atoms with van der Waals surface area (Å²) < 4.78 is 1.38. The number of halogens is 1. The van der Waals surface area contributed by atoms with Crippen molar-refractivity contribution in [3.63, 3.8) is 0 Å². The van der Waals surface area contributed by atoms with E-state index < -0.39 is 0 Å². The number of alkyl halides is 1. The molecule has 2 unspecified atom stereocenters. The molecule has 0 aromatic carbocycles. The fourth-order valence-corrected chi connectivity index (χ4v) is 7.28. The van der Waals surface area contributed by atoms with E-state index in [0.29, 0.717) is 12.5 Å². The molecule has 3 nitrogen and oxygen atoms in total. The van der Waals surface area contributed by atoms with E-state index in [1.54, 1.807) is 18.7 Å². The van der Waals surface area contributed by atoms with Crippen LogP contribution in [0.3, 0.4) is 0 Å². The predicted octanol–water partition coefficient (Wildman–Crippen LogP) is 15.6. The SMILES string of the molecule is CCCCCCCCCCC(CI)CCCCCCCC.CCCCCCCCCCC(CO)CCCCCCCC.c1c[nH]cn1. The number of imidazole rings is 1. The van der Waals surface area contributed by atoms with Gasteiger partial charge in [-0.15, -0.1) is 0 Å². The van der Waals surface area contributed by atoms with Gasteiger partial charge in [0.25, 0.3) is 0 Å². The number of aliphatic hydroxyl groups excluding tert-OH is 1. The molecule has 1 rings (SSSR count). The zero-order valence-corrected chi connectivity index (χ0v) is 34.9. The van der Waals surface area contributed by atoms with Crippen LogP contribution in [0.15, 0.2) is 18.7 Å². The van der Waals surface area contributed by atoms with Crippen LogP contribution in [0.2, 0.25) is 0 Å². The summed E-state index contributed by atoms with van der Waals surface area (Å²) >= 11 is 2.61. The molecule has 0 radical (unpaired) electrons. The molecule has 1 heterocycles. The highest BCUT2D eigenvalue weighted by atomic mass is 127. The molecule has 0 saturated carbocycles. The highest BCUT2D eigenvalue weighted by Gasteiger charge is 2.08. The Balaban J connectivity index is 0. The lowest BCUT2D eigenvalue weighted by molar-refractivity contribution is 0.204. The number of aliphatic hydroxyl groups is 1. The normalized spacial score (nSPS) is 12.2. The average molecular weight is 775 g/mol. The summed E-state index contributed by atoms with van der Waals surface area (Å²) in [6, 6.07) is 0. The fourth-order valence-electron chi connectivity index (χ4n) is 6.40. The summed E-state index contributed by atoms with van der Waals surface area (Å²) in [6.07, 6.45) is 50.3. The lowest BCUT2D eigenvalue weighted by Crippen LogP contribution is -2.06. The molecule has 0 saturated heterocycles. The Labute approximate surface area is 311 Å². The van der Waals surface area contributed by atoms with Crippen molar-refractivity contribution in [3.05, 3.63) is 18.7 Å². The molecule has 2 N–H and O–H groups in total. The van der Waals surface area contributed by atoms with E-state index in [9.17, 15) is 5.11 Å². The van der Waals surface area contributed by atoms with E-state index in [1.807, 2.05) is 0 Å². The van der Waals surface area contributed by atoms with Crippen molar-refractivity contribution in [1.82, 2.24) is 9.97 Å². The summed E-state index contributed by atoms with van der Waals surface area (Å²) in [6.45, 7) is 9.56. The average Bonchev–Trinajstić information content (AvgIpc) is 3.69. The summed E-state index contributed by atoms with van der Waals surface area (Å²) in [5.41, 5.74) is 0. The van der Waals surface area contributed by atoms with E-state index >= 15 is 0 Å². The number of aromatic nitrogens is 2. The van der Waals surface area contributed by atoms with Crippen LogP contribution in [-0.2, 0) is 0 Å². The van der Waals surface area contributed by atoms with Gasteiger partial charge in [0.05, 0.1) is 6.33 Å². The second-order valence-electron chi connectivity index (χ2n) is 14.5. The van der Waals surface area contributed by atoms with Crippen LogP contribution in [0.5, 0.6) is 0 Å². The first kappa shape index (κ1) is 49.0. The van der Waals surface area contributed by atoms with Crippen molar-refractivity contribution in [1.29, 1.82) is 0 Å². The maximum atomic E-state index is 9.47. The van der Waals surface area contributed by atoms with Crippen LogP contribution < -0.4 is 0 Å². The Kier molecular flexibility index (Phi) is 47.9. The maximum Gasteiger partial charge on any atom is 0.0919 e. The van der Waals surface area contributed by atoms with E-state index in [0.717, 1.165) is 5.92 Å². The molecule has 4 heteroatoms. The molecule has 282 valence electrons. The molecule has 2 atom stereocenters. The standard InChI is InChI=1S/C20H41I.C20H42O.C3H4N2/c2*1-3-5-7-9-11-12-14-16-18-20(19-21)17-15-13-10-8-6-4-2;1-2-5-3-4-1/h20H,3-19H2,1-2H3;20-21H,3-19H2,1-2H3;1-3H,(H,4,5). The summed E-state index contributed by atoms with van der Waals surface area (Å²) in [7, 11) is 0. The van der Waals surface area contributed by atoms with Crippen LogP contribution in [0, 0.1) is 11.8 Å². The zero-order chi connectivity index (χ0) is 34.7. The molecule has 0 spiro atoms. The number of unbranched alkanes of at least 4 members (excludes halogenated alkanes) is 24. The van der Waals surface area contributed by atoms with E-state index in [-0.39, 0.29) is 0 Å². The third-order valence-corrected chi connectivity index (χ3v) is 11.0. The van der Waals surface area contributed by atoms with Crippen LogP contribution in [0.1, 0.15) is 233 Å². The third kappa shape index (κ3) is 43.9. The number of nitrogens with one attached hydrogen (secondary N) is 1. The van der Waals surface area contributed by atoms with Crippen molar-refractivity contribution < 1.29 is 5.11 Å². The van der Waals surface area contributed by atoms with Crippen LogP contribution in [0.4, 0.5) is 0 Å². The molecule has 47 heavy (non-hydrogen) atoms. The maximum absolute atomic E-state index is 9.47. The van der Waals surface area contributed by atoms with Crippen LogP contribution >= 0.6 is 22.6 Å². The first-order valence-corrected chi connectivity index (χ1v) is 22.8. The molecule has 1 aromatic rings.